The third-order valence-corrected chi connectivity index (χ3v) is 4.60. The van der Waals surface area contributed by atoms with Gasteiger partial charge in [0, 0.05) is 30.3 Å². The van der Waals surface area contributed by atoms with Gasteiger partial charge >= 0.3 is 0 Å². The molecule has 0 saturated heterocycles. The molecule has 4 nitrogen and oxygen atoms in total. The molecule has 2 aromatic carbocycles. The van der Waals surface area contributed by atoms with Gasteiger partial charge in [0.2, 0.25) is 0 Å². The maximum atomic E-state index is 13.9. The highest BCUT2D eigenvalue weighted by atomic mass is 19.1. The number of nitrogens with zero attached hydrogens (tertiary/aromatic N) is 1. The molecule has 1 aliphatic carbocycles. The van der Waals surface area contributed by atoms with E-state index in [1.54, 1.807) is 19.2 Å². The van der Waals surface area contributed by atoms with Crippen molar-refractivity contribution in [2.75, 3.05) is 20.3 Å². The van der Waals surface area contributed by atoms with E-state index < -0.39 is 6.10 Å². The van der Waals surface area contributed by atoms with Gasteiger partial charge in [0.05, 0.1) is 26.4 Å². The van der Waals surface area contributed by atoms with Crippen molar-refractivity contribution in [3.8, 4) is 5.75 Å². The summed E-state index contributed by atoms with van der Waals surface area (Å²) < 4.78 is 24.9. The molecule has 0 aliphatic heterocycles. The molecule has 26 heavy (non-hydrogen) atoms. The number of rotatable bonds is 10. The quantitative estimate of drug-likeness (QED) is 0.706. The number of hydrogen-bond acceptors (Lipinski definition) is 4. The van der Waals surface area contributed by atoms with Crippen LogP contribution in [-0.2, 0) is 17.9 Å². The van der Waals surface area contributed by atoms with E-state index in [0.717, 1.165) is 24.2 Å². The van der Waals surface area contributed by atoms with Crippen molar-refractivity contribution in [3.63, 3.8) is 0 Å². The Labute approximate surface area is 154 Å². The Morgan fingerprint density at radius 2 is 1.81 bits per heavy atom. The molecule has 1 N–H and O–H groups in total. The first-order chi connectivity index (χ1) is 12.7. The monoisotopic (exact) mass is 359 g/mol. The van der Waals surface area contributed by atoms with Crippen LogP contribution in [0.15, 0.2) is 48.5 Å². The van der Waals surface area contributed by atoms with Gasteiger partial charge in [-0.05, 0) is 25.0 Å². The SMILES string of the molecule is COc1ccccc1COCC(O)CN(Cc1ccccc1F)C1CC1. The Bertz CT molecular complexity index is 705. The first kappa shape index (κ1) is 18.8. The normalized spacial score (nSPS) is 15.2. The highest BCUT2D eigenvalue weighted by Gasteiger charge is 2.30. The van der Waals surface area contributed by atoms with Crippen LogP contribution in [0.5, 0.6) is 5.75 Å². The van der Waals surface area contributed by atoms with Gasteiger partial charge in [-0.2, -0.15) is 0 Å². The molecule has 2 aromatic rings. The van der Waals surface area contributed by atoms with Crippen LogP contribution < -0.4 is 4.74 Å². The summed E-state index contributed by atoms with van der Waals surface area (Å²) >= 11 is 0. The molecular weight excluding hydrogens is 333 g/mol. The molecular formula is C21H26FNO3. The molecule has 0 amide bonds. The summed E-state index contributed by atoms with van der Waals surface area (Å²) in [6.45, 7) is 1.61. The van der Waals surface area contributed by atoms with Crippen molar-refractivity contribution in [2.24, 2.45) is 0 Å². The predicted molar refractivity (Wildman–Crippen MR) is 98.5 cm³/mol. The molecule has 0 radical (unpaired) electrons. The average molecular weight is 359 g/mol. The van der Waals surface area contributed by atoms with Crippen LogP contribution in [0.4, 0.5) is 4.39 Å². The van der Waals surface area contributed by atoms with Crippen molar-refractivity contribution in [1.82, 2.24) is 4.90 Å². The largest absolute Gasteiger partial charge is 0.496 e. The Balaban J connectivity index is 1.49. The van der Waals surface area contributed by atoms with E-state index in [1.165, 1.54) is 6.07 Å². The van der Waals surface area contributed by atoms with E-state index >= 15 is 0 Å². The van der Waals surface area contributed by atoms with Gasteiger partial charge < -0.3 is 14.6 Å². The number of aliphatic hydroxyl groups excluding tert-OH is 1. The molecule has 140 valence electrons. The summed E-state index contributed by atoms with van der Waals surface area (Å²) in [4.78, 5) is 2.15. The molecule has 1 atom stereocenters. The molecule has 3 rings (SSSR count). The zero-order valence-corrected chi connectivity index (χ0v) is 15.1. The smallest absolute Gasteiger partial charge is 0.127 e. The van der Waals surface area contributed by atoms with E-state index in [4.69, 9.17) is 9.47 Å². The first-order valence-electron chi connectivity index (χ1n) is 9.02. The van der Waals surface area contributed by atoms with Crippen LogP contribution in [0.3, 0.4) is 0 Å². The van der Waals surface area contributed by atoms with Gasteiger partial charge in [-0.3, -0.25) is 4.90 Å². The topological polar surface area (TPSA) is 41.9 Å². The van der Waals surface area contributed by atoms with E-state index in [0.29, 0.717) is 31.3 Å². The van der Waals surface area contributed by atoms with E-state index in [-0.39, 0.29) is 12.4 Å². The lowest BCUT2D eigenvalue weighted by molar-refractivity contribution is 0.00643. The van der Waals surface area contributed by atoms with Crippen LogP contribution in [0.1, 0.15) is 24.0 Å². The summed E-state index contributed by atoms with van der Waals surface area (Å²) in [5.74, 6) is 0.584. The molecule has 0 spiro atoms. The van der Waals surface area contributed by atoms with Crippen molar-refractivity contribution in [3.05, 3.63) is 65.5 Å². The minimum Gasteiger partial charge on any atom is -0.496 e. The van der Waals surface area contributed by atoms with Crippen molar-refractivity contribution < 1.29 is 19.0 Å². The second-order valence-electron chi connectivity index (χ2n) is 6.73. The molecule has 1 fully saturated rings. The van der Waals surface area contributed by atoms with E-state index in [1.807, 2.05) is 30.3 Å². The van der Waals surface area contributed by atoms with Gasteiger partial charge in [-0.1, -0.05) is 36.4 Å². The lowest BCUT2D eigenvalue weighted by Crippen LogP contribution is -2.36. The second kappa shape index (κ2) is 9.12. The van der Waals surface area contributed by atoms with Crippen LogP contribution in [-0.4, -0.2) is 42.4 Å². The number of aliphatic hydroxyl groups is 1. The number of benzene rings is 2. The van der Waals surface area contributed by atoms with Crippen LogP contribution in [0.2, 0.25) is 0 Å². The zero-order valence-electron chi connectivity index (χ0n) is 15.1. The van der Waals surface area contributed by atoms with Crippen molar-refractivity contribution >= 4 is 0 Å². The fourth-order valence-corrected chi connectivity index (χ4v) is 3.08. The van der Waals surface area contributed by atoms with Gasteiger partial charge in [0.1, 0.15) is 11.6 Å². The zero-order chi connectivity index (χ0) is 18.4. The molecule has 0 heterocycles. The standard InChI is InChI=1S/C21H26FNO3/c1-25-21-9-5-3-7-17(21)14-26-15-19(24)13-23(18-10-11-18)12-16-6-2-4-8-20(16)22/h2-9,18-19,24H,10-15H2,1H3. The number of ether oxygens (including phenoxy) is 2. The summed E-state index contributed by atoms with van der Waals surface area (Å²) in [7, 11) is 1.63. The Hall–Kier alpha value is -1.95. The highest BCUT2D eigenvalue weighted by molar-refractivity contribution is 5.32. The number of para-hydroxylation sites is 1. The molecule has 0 bridgehead atoms. The summed E-state index contributed by atoms with van der Waals surface area (Å²) in [6.07, 6.45) is 1.59. The molecule has 5 heteroatoms. The minimum absolute atomic E-state index is 0.194. The fourth-order valence-electron chi connectivity index (χ4n) is 3.08. The number of hydrogen-bond donors (Lipinski definition) is 1. The second-order valence-corrected chi connectivity index (χ2v) is 6.73. The van der Waals surface area contributed by atoms with Gasteiger partial charge in [-0.15, -0.1) is 0 Å². The molecule has 0 aromatic heterocycles. The Morgan fingerprint density at radius 1 is 1.12 bits per heavy atom. The Morgan fingerprint density at radius 3 is 2.50 bits per heavy atom. The first-order valence-corrected chi connectivity index (χ1v) is 9.02. The van der Waals surface area contributed by atoms with E-state index in [2.05, 4.69) is 4.90 Å². The van der Waals surface area contributed by atoms with Gasteiger partial charge in [-0.25, -0.2) is 4.39 Å². The van der Waals surface area contributed by atoms with Gasteiger partial charge in [0.15, 0.2) is 0 Å². The third kappa shape index (κ3) is 5.27. The summed E-state index contributed by atoms with van der Waals surface area (Å²) in [6, 6.07) is 14.9. The minimum atomic E-state index is -0.614. The summed E-state index contributed by atoms with van der Waals surface area (Å²) in [5.41, 5.74) is 1.62. The van der Waals surface area contributed by atoms with Crippen molar-refractivity contribution in [2.45, 2.75) is 38.1 Å². The van der Waals surface area contributed by atoms with E-state index in [9.17, 15) is 9.50 Å². The number of methoxy groups -OCH3 is 1. The lowest BCUT2D eigenvalue weighted by Gasteiger charge is -2.25. The van der Waals surface area contributed by atoms with Crippen LogP contribution >= 0.6 is 0 Å². The summed E-state index contributed by atoms with van der Waals surface area (Å²) in [5, 5.41) is 10.4. The maximum absolute atomic E-state index is 13.9. The molecule has 1 aliphatic rings. The molecule has 1 saturated carbocycles. The number of halogens is 1. The fraction of sp³-hybridized carbons (Fsp3) is 0.429. The molecule has 1 unspecified atom stereocenters. The van der Waals surface area contributed by atoms with Crippen LogP contribution in [0, 0.1) is 5.82 Å². The van der Waals surface area contributed by atoms with Gasteiger partial charge in [0.25, 0.3) is 0 Å². The van der Waals surface area contributed by atoms with Crippen molar-refractivity contribution in [1.29, 1.82) is 0 Å². The Kier molecular flexibility index (Phi) is 6.61. The third-order valence-electron chi connectivity index (χ3n) is 4.60. The maximum Gasteiger partial charge on any atom is 0.127 e. The van der Waals surface area contributed by atoms with Crippen LogP contribution in [0.25, 0.3) is 0 Å². The highest BCUT2D eigenvalue weighted by Crippen LogP contribution is 2.29. The predicted octanol–water partition coefficient (Wildman–Crippen LogP) is 3.38. The average Bonchev–Trinajstić information content (AvgIpc) is 3.48. The lowest BCUT2D eigenvalue weighted by atomic mass is 10.2.